The van der Waals surface area contributed by atoms with Gasteiger partial charge in [-0.3, -0.25) is 9.78 Å². The molecule has 0 saturated heterocycles. The molecule has 0 unspecified atom stereocenters. The van der Waals surface area contributed by atoms with Crippen molar-refractivity contribution in [2.75, 3.05) is 11.4 Å². The summed E-state index contributed by atoms with van der Waals surface area (Å²) in [7, 11) is 0. The first-order chi connectivity index (χ1) is 14.9. The number of fused-ring (bicyclic) bond motifs is 2. The lowest BCUT2D eigenvalue weighted by molar-refractivity contribution is 0.0545. The maximum absolute atomic E-state index is 13.1. The summed E-state index contributed by atoms with van der Waals surface area (Å²) in [6.07, 6.45) is 5.34. The first-order valence-electron chi connectivity index (χ1n) is 9.83. The van der Waals surface area contributed by atoms with Crippen LogP contribution in [-0.4, -0.2) is 35.9 Å². The molecule has 1 aliphatic heterocycles. The predicted octanol–water partition coefficient (Wildman–Crippen LogP) is 2.92. The normalized spacial score (nSPS) is 13.8. The minimum absolute atomic E-state index is 0.237. The molecule has 10 heteroatoms. The van der Waals surface area contributed by atoms with Crippen molar-refractivity contribution >= 4 is 11.5 Å². The van der Waals surface area contributed by atoms with Crippen LogP contribution in [0.25, 0.3) is 16.8 Å². The number of nitrogens with zero attached hydrogens (tertiary/aromatic N) is 7. The Morgan fingerprint density at radius 2 is 1.97 bits per heavy atom. The molecule has 158 valence electrons. The lowest BCUT2D eigenvalue weighted by Gasteiger charge is -2.30. The highest BCUT2D eigenvalue weighted by atomic mass is 19.3. The summed E-state index contributed by atoms with van der Waals surface area (Å²) in [5, 5.41) is 8.33. The fourth-order valence-corrected chi connectivity index (χ4v) is 4.02. The van der Waals surface area contributed by atoms with E-state index in [-0.39, 0.29) is 5.56 Å². The molecule has 5 rings (SSSR count). The third-order valence-electron chi connectivity index (χ3n) is 5.62. The van der Waals surface area contributed by atoms with E-state index in [9.17, 15) is 13.6 Å². The fourth-order valence-electron chi connectivity index (χ4n) is 4.02. The van der Waals surface area contributed by atoms with Crippen LogP contribution in [0.5, 0.6) is 0 Å². The van der Waals surface area contributed by atoms with E-state index in [0.29, 0.717) is 46.9 Å². The Kier molecular flexibility index (Phi) is 4.49. The molecule has 4 aromatic heterocycles. The molecule has 1 aliphatic rings. The number of rotatable bonds is 3. The molecule has 0 radical (unpaired) electrons. The summed E-state index contributed by atoms with van der Waals surface area (Å²) in [4.78, 5) is 23.0. The van der Waals surface area contributed by atoms with E-state index in [1.165, 1.54) is 23.0 Å². The lowest BCUT2D eigenvalue weighted by atomic mass is 10.0. The highest BCUT2D eigenvalue weighted by Gasteiger charge is 2.23. The standard InChI is InChI=1S/C21H19F2N7O/c1-12-7-18-24-5-3-19(31)30(18)27-20(12)28-6-4-17-15(11-28)8-14(9-25-17)16-10-26-29(13(16)2)21(22)23/h3,5,7-10,21H,4,6,11H2,1-2H3. The summed E-state index contributed by atoms with van der Waals surface area (Å²) < 4.78 is 28.2. The van der Waals surface area contributed by atoms with Crippen LogP contribution in [0.4, 0.5) is 14.6 Å². The maximum atomic E-state index is 13.1. The number of anilines is 1. The van der Waals surface area contributed by atoms with E-state index in [1.807, 2.05) is 19.1 Å². The Labute approximate surface area is 175 Å². The van der Waals surface area contributed by atoms with Crippen molar-refractivity contribution in [2.24, 2.45) is 0 Å². The zero-order chi connectivity index (χ0) is 21.7. The Balaban J connectivity index is 1.52. The molecule has 0 N–H and O–H groups in total. The van der Waals surface area contributed by atoms with Crippen molar-refractivity contribution in [1.29, 1.82) is 0 Å². The van der Waals surface area contributed by atoms with Crippen LogP contribution in [0.1, 0.15) is 29.1 Å². The molecule has 0 atom stereocenters. The maximum Gasteiger partial charge on any atom is 0.333 e. The van der Waals surface area contributed by atoms with Crippen LogP contribution in [0.2, 0.25) is 0 Å². The van der Waals surface area contributed by atoms with Gasteiger partial charge in [-0.1, -0.05) is 0 Å². The summed E-state index contributed by atoms with van der Waals surface area (Å²) in [6.45, 7) is 2.12. The van der Waals surface area contributed by atoms with Gasteiger partial charge in [0.1, 0.15) is 0 Å². The largest absolute Gasteiger partial charge is 0.350 e. The second-order valence-corrected chi connectivity index (χ2v) is 7.57. The monoisotopic (exact) mass is 423 g/mol. The zero-order valence-electron chi connectivity index (χ0n) is 17.0. The molecule has 0 saturated carbocycles. The quantitative estimate of drug-likeness (QED) is 0.504. The molecule has 0 bridgehead atoms. The van der Waals surface area contributed by atoms with Gasteiger partial charge in [-0.2, -0.15) is 18.4 Å². The summed E-state index contributed by atoms with van der Waals surface area (Å²) in [5.41, 5.74) is 4.91. The lowest BCUT2D eigenvalue weighted by Crippen LogP contribution is -2.33. The Morgan fingerprint density at radius 3 is 2.74 bits per heavy atom. The minimum atomic E-state index is -2.69. The van der Waals surface area contributed by atoms with Crippen molar-refractivity contribution in [1.82, 2.24) is 29.4 Å². The van der Waals surface area contributed by atoms with E-state index in [1.54, 1.807) is 13.1 Å². The third kappa shape index (κ3) is 3.24. The van der Waals surface area contributed by atoms with Gasteiger partial charge in [0.05, 0.1) is 6.20 Å². The van der Waals surface area contributed by atoms with Crippen LogP contribution in [-0.2, 0) is 13.0 Å². The number of alkyl halides is 2. The van der Waals surface area contributed by atoms with Crippen LogP contribution < -0.4 is 10.5 Å². The molecular formula is C21H19F2N7O. The van der Waals surface area contributed by atoms with Crippen molar-refractivity contribution in [3.05, 3.63) is 69.7 Å². The van der Waals surface area contributed by atoms with E-state index in [4.69, 9.17) is 0 Å². The Hall–Kier alpha value is -3.69. The summed E-state index contributed by atoms with van der Waals surface area (Å²) >= 11 is 0. The van der Waals surface area contributed by atoms with Crippen LogP contribution in [0.15, 0.2) is 41.6 Å². The zero-order valence-corrected chi connectivity index (χ0v) is 17.0. The smallest absolute Gasteiger partial charge is 0.333 e. The topological polar surface area (TPSA) is 81.2 Å². The van der Waals surface area contributed by atoms with E-state index >= 15 is 0 Å². The van der Waals surface area contributed by atoms with E-state index in [2.05, 4.69) is 25.1 Å². The summed E-state index contributed by atoms with van der Waals surface area (Å²) in [6, 6.07) is 5.19. The molecule has 4 aromatic rings. The number of hydrogen-bond donors (Lipinski definition) is 0. The number of halogens is 2. The predicted molar refractivity (Wildman–Crippen MR) is 110 cm³/mol. The second-order valence-electron chi connectivity index (χ2n) is 7.57. The first-order valence-corrected chi connectivity index (χ1v) is 9.83. The molecule has 0 spiro atoms. The number of aromatic nitrogens is 6. The number of pyridine rings is 1. The second kappa shape index (κ2) is 7.22. The van der Waals surface area contributed by atoms with Crippen molar-refractivity contribution < 1.29 is 8.78 Å². The van der Waals surface area contributed by atoms with Gasteiger partial charge >= 0.3 is 6.55 Å². The molecule has 5 heterocycles. The van der Waals surface area contributed by atoms with Gasteiger partial charge in [0.15, 0.2) is 11.5 Å². The van der Waals surface area contributed by atoms with Gasteiger partial charge in [-0.05, 0) is 37.1 Å². The molecule has 0 amide bonds. The SMILES string of the molecule is Cc1cc2nccc(=O)n2nc1N1CCc2ncc(-c3cnn(C(F)F)c3C)cc2C1. The number of hydrogen-bond acceptors (Lipinski definition) is 6. The van der Waals surface area contributed by atoms with Gasteiger partial charge in [-0.25, -0.2) is 9.67 Å². The van der Waals surface area contributed by atoms with Gasteiger partial charge in [0, 0.05) is 60.5 Å². The van der Waals surface area contributed by atoms with Crippen molar-refractivity contribution in [3.8, 4) is 11.1 Å². The molecule has 8 nitrogen and oxygen atoms in total. The molecule has 31 heavy (non-hydrogen) atoms. The molecule has 0 aromatic carbocycles. The fraction of sp³-hybridized carbons (Fsp3) is 0.286. The van der Waals surface area contributed by atoms with E-state index in [0.717, 1.165) is 22.4 Å². The van der Waals surface area contributed by atoms with Crippen molar-refractivity contribution in [2.45, 2.75) is 33.4 Å². The summed E-state index contributed by atoms with van der Waals surface area (Å²) in [5.74, 6) is 0.709. The molecule has 0 fully saturated rings. The van der Waals surface area contributed by atoms with Gasteiger partial charge < -0.3 is 4.90 Å². The molecular weight excluding hydrogens is 404 g/mol. The Morgan fingerprint density at radius 1 is 1.13 bits per heavy atom. The highest BCUT2D eigenvalue weighted by molar-refractivity contribution is 5.66. The van der Waals surface area contributed by atoms with Gasteiger partial charge in [-0.15, -0.1) is 5.10 Å². The van der Waals surface area contributed by atoms with Crippen LogP contribution >= 0.6 is 0 Å². The highest BCUT2D eigenvalue weighted by Crippen LogP contribution is 2.30. The third-order valence-corrected chi connectivity index (χ3v) is 5.62. The molecule has 0 aliphatic carbocycles. The average molecular weight is 423 g/mol. The Bertz CT molecular complexity index is 1360. The van der Waals surface area contributed by atoms with Crippen molar-refractivity contribution in [3.63, 3.8) is 0 Å². The van der Waals surface area contributed by atoms with Gasteiger partial charge in [0.2, 0.25) is 0 Å². The van der Waals surface area contributed by atoms with Crippen LogP contribution in [0, 0.1) is 13.8 Å². The average Bonchev–Trinajstić information content (AvgIpc) is 3.14. The van der Waals surface area contributed by atoms with E-state index < -0.39 is 6.55 Å². The number of aryl methyl sites for hydroxylation is 1. The van der Waals surface area contributed by atoms with Gasteiger partial charge in [0.25, 0.3) is 5.56 Å². The first kappa shape index (κ1) is 19.3. The van der Waals surface area contributed by atoms with Crippen LogP contribution in [0.3, 0.4) is 0 Å². The minimum Gasteiger partial charge on any atom is -0.350 e.